The number of anilines is 1. The molecule has 0 atom stereocenters. The summed E-state index contributed by atoms with van der Waals surface area (Å²) in [5.41, 5.74) is 0.649. The molecule has 2 fully saturated rings. The van der Waals surface area contributed by atoms with Gasteiger partial charge in [-0.3, -0.25) is 4.79 Å². The van der Waals surface area contributed by atoms with E-state index in [-0.39, 0.29) is 27.9 Å². The monoisotopic (exact) mass is 423 g/mol. The Labute approximate surface area is 173 Å². The van der Waals surface area contributed by atoms with E-state index < -0.39 is 10.0 Å². The van der Waals surface area contributed by atoms with Crippen LogP contribution < -0.4 is 10.6 Å². The fourth-order valence-electron chi connectivity index (χ4n) is 4.08. The Morgan fingerprint density at radius 3 is 2.18 bits per heavy atom. The van der Waals surface area contributed by atoms with Gasteiger partial charge in [-0.15, -0.1) is 0 Å². The van der Waals surface area contributed by atoms with Gasteiger partial charge in [0, 0.05) is 24.7 Å². The van der Waals surface area contributed by atoms with E-state index in [0.29, 0.717) is 5.69 Å². The maximum atomic E-state index is 12.9. The normalized spacial score (nSPS) is 18.9. The lowest BCUT2D eigenvalue weighted by Gasteiger charge is -2.30. The molecular weight excluding hydrogens is 394 g/mol. The number of amides is 1. The summed E-state index contributed by atoms with van der Waals surface area (Å²) in [6, 6.07) is 6.59. The first-order chi connectivity index (χ1) is 13.4. The second kappa shape index (κ2) is 9.33. The number of nitrogens with zero attached hydrogens (tertiary/aromatic N) is 1. The molecule has 1 aromatic carbocycles. The van der Waals surface area contributed by atoms with E-state index in [4.69, 9.17) is 12.2 Å². The van der Waals surface area contributed by atoms with Crippen molar-refractivity contribution in [3.63, 3.8) is 0 Å². The number of sulfonamides is 1. The largest absolute Gasteiger partial charge is 0.332 e. The predicted molar refractivity (Wildman–Crippen MR) is 115 cm³/mol. The molecule has 0 radical (unpaired) electrons. The van der Waals surface area contributed by atoms with Crippen LogP contribution in [-0.4, -0.2) is 36.8 Å². The number of benzene rings is 1. The van der Waals surface area contributed by atoms with Gasteiger partial charge in [0.2, 0.25) is 15.9 Å². The standard InChI is InChI=1S/C20H29N3O3S2/c1-23(17-9-3-2-4-10-17)28(25,26)18-13-11-16(12-14-18)21-20(27)22-19(24)15-7-5-6-8-15/h11-15,17H,2-10H2,1H3,(H2,21,22,24,27). The van der Waals surface area contributed by atoms with Crippen molar-refractivity contribution >= 4 is 38.9 Å². The molecule has 28 heavy (non-hydrogen) atoms. The molecule has 2 aliphatic rings. The molecule has 3 rings (SSSR count). The second-order valence-corrected chi connectivity index (χ2v) is 10.2. The summed E-state index contributed by atoms with van der Waals surface area (Å²) in [5, 5.41) is 5.93. The van der Waals surface area contributed by atoms with Crippen molar-refractivity contribution in [2.75, 3.05) is 12.4 Å². The Balaban J connectivity index is 1.59. The third kappa shape index (κ3) is 5.10. The van der Waals surface area contributed by atoms with Crippen LogP contribution in [-0.2, 0) is 14.8 Å². The average molecular weight is 424 g/mol. The molecule has 2 saturated carbocycles. The maximum absolute atomic E-state index is 12.9. The van der Waals surface area contributed by atoms with E-state index in [1.165, 1.54) is 10.7 Å². The summed E-state index contributed by atoms with van der Waals surface area (Å²) >= 11 is 5.21. The summed E-state index contributed by atoms with van der Waals surface area (Å²) in [6.45, 7) is 0. The number of hydrogen-bond acceptors (Lipinski definition) is 4. The van der Waals surface area contributed by atoms with E-state index in [9.17, 15) is 13.2 Å². The molecule has 1 aromatic rings. The highest BCUT2D eigenvalue weighted by atomic mass is 32.2. The lowest BCUT2D eigenvalue weighted by molar-refractivity contribution is -0.123. The predicted octanol–water partition coefficient (Wildman–Crippen LogP) is 3.64. The zero-order valence-corrected chi connectivity index (χ0v) is 17.9. The van der Waals surface area contributed by atoms with Crippen LogP contribution in [0.15, 0.2) is 29.2 Å². The summed E-state index contributed by atoms with van der Waals surface area (Å²) < 4.78 is 27.3. The minimum absolute atomic E-state index is 0.0386. The first kappa shape index (κ1) is 21.2. The SMILES string of the molecule is CN(C1CCCCC1)S(=O)(=O)c1ccc(NC(=S)NC(=O)C2CCCC2)cc1. The van der Waals surface area contributed by atoms with Gasteiger partial charge in [-0.25, -0.2) is 8.42 Å². The molecule has 0 aliphatic heterocycles. The number of hydrogen-bond donors (Lipinski definition) is 2. The van der Waals surface area contributed by atoms with E-state index in [0.717, 1.165) is 51.4 Å². The quantitative estimate of drug-likeness (QED) is 0.707. The fraction of sp³-hybridized carbons (Fsp3) is 0.600. The number of rotatable bonds is 5. The lowest BCUT2D eigenvalue weighted by Crippen LogP contribution is -2.38. The number of carbonyl (C=O) groups is 1. The van der Waals surface area contributed by atoms with E-state index >= 15 is 0 Å². The summed E-state index contributed by atoms with van der Waals surface area (Å²) in [7, 11) is -1.84. The van der Waals surface area contributed by atoms with Gasteiger partial charge in [-0.1, -0.05) is 32.1 Å². The molecule has 0 heterocycles. The molecule has 8 heteroatoms. The summed E-state index contributed by atoms with van der Waals surface area (Å²) in [6.07, 6.45) is 9.18. The molecule has 1 amide bonds. The zero-order valence-electron chi connectivity index (χ0n) is 16.3. The van der Waals surface area contributed by atoms with Crippen LogP contribution >= 0.6 is 12.2 Å². The van der Waals surface area contributed by atoms with Crippen LogP contribution in [0.25, 0.3) is 0 Å². The zero-order chi connectivity index (χ0) is 20.1. The molecule has 6 nitrogen and oxygen atoms in total. The van der Waals surface area contributed by atoms with Crippen molar-refractivity contribution in [1.29, 1.82) is 0 Å². The van der Waals surface area contributed by atoms with Crippen molar-refractivity contribution in [2.24, 2.45) is 5.92 Å². The topological polar surface area (TPSA) is 78.5 Å². The van der Waals surface area contributed by atoms with Crippen LogP contribution in [0.5, 0.6) is 0 Å². The average Bonchev–Trinajstić information content (AvgIpc) is 3.23. The van der Waals surface area contributed by atoms with Gasteiger partial charge >= 0.3 is 0 Å². The molecule has 154 valence electrons. The minimum atomic E-state index is -3.51. The highest BCUT2D eigenvalue weighted by molar-refractivity contribution is 7.89. The van der Waals surface area contributed by atoms with Crippen LogP contribution in [0.2, 0.25) is 0 Å². The minimum Gasteiger partial charge on any atom is -0.332 e. The van der Waals surface area contributed by atoms with Gasteiger partial charge in [0.1, 0.15) is 0 Å². The van der Waals surface area contributed by atoms with Crippen molar-refractivity contribution in [2.45, 2.75) is 68.7 Å². The van der Waals surface area contributed by atoms with Gasteiger partial charge in [-0.2, -0.15) is 4.31 Å². The molecule has 0 unspecified atom stereocenters. The van der Waals surface area contributed by atoms with Crippen molar-refractivity contribution < 1.29 is 13.2 Å². The van der Waals surface area contributed by atoms with Gasteiger partial charge in [0.15, 0.2) is 5.11 Å². The molecule has 2 aliphatic carbocycles. The van der Waals surface area contributed by atoms with E-state index in [1.807, 2.05) is 0 Å². The highest BCUT2D eigenvalue weighted by Gasteiger charge is 2.29. The Morgan fingerprint density at radius 2 is 1.57 bits per heavy atom. The molecular formula is C20H29N3O3S2. The lowest BCUT2D eigenvalue weighted by atomic mass is 9.96. The third-order valence-electron chi connectivity index (χ3n) is 5.84. The van der Waals surface area contributed by atoms with Crippen LogP contribution in [0.1, 0.15) is 57.8 Å². The van der Waals surface area contributed by atoms with Crippen LogP contribution in [0.3, 0.4) is 0 Å². The first-order valence-corrected chi connectivity index (χ1v) is 11.9. The fourth-order valence-corrected chi connectivity index (χ4v) is 5.72. The van der Waals surface area contributed by atoms with Gasteiger partial charge in [-0.05, 0) is 62.2 Å². The number of nitrogens with one attached hydrogen (secondary N) is 2. The Bertz CT molecular complexity index is 796. The van der Waals surface area contributed by atoms with E-state index in [2.05, 4.69) is 10.6 Å². The van der Waals surface area contributed by atoms with E-state index in [1.54, 1.807) is 31.3 Å². The summed E-state index contributed by atoms with van der Waals surface area (Å²) in [5.74, 6) is 0.00546. The molecule has 0 saturated heterocycles. The molecule has 2 N–H and O–H groups in total. The van der Waals surface area contributed by atoms with Gasteiger partial charge in [0.05, 0.1) is 4.90 Å². The van der Waals surface area contributed by atoms with Gasteiger partial charge < -0.3 is 10.6 Å². The smallest absolute Gasteiger partial charge is 0.243 e. The molecule has 0 spiro atoms. The van der Waals surface area contributed by atoms with Crippen molar-refractivity contribution in [3.05, 3.63) is 24.3 Å². The van der Waals surface area contributed by atoms with Crippen molar-refractivity contribution in [1.82, 2.24) is 9.62 Å². The second-order valence-electron chi connectivity index (χ2n) is 7.76. The highest BCUT2D eigenvalue weighted by Crippen LogP contribution is 2.27. The Morgan fingerprint density at radius 1 is 1.00 bits per heavy atom. The van der Waals surface area contributed by atoms with Crippen LogP contribution in [0.4, 0.5) is 5.69 Å². The Kier molecular flexibility index (Phi) is 7.06. The number of carbonyl (C=O) groups excluding carboxylic acids is 1. The third-order valence-corrected chi connectivity index (χ3v) is 7.97. The molecule has 0 bridgehead atoms. The molecule has 0 aromatic heterocycles. The van der Waals surface area contributed by atoms with Crippen molar-refractivity contribution in [3.8, 4) is 0 Å². The summed E-state index contributed by atoms with van der Waals surface area (Å²) in [4.78, 5) is 12.4. The maximum Gasteiger partial charge on any atom is 0.243 e. The first-order valence-electron chi connectivity index (χ1n) is 10.1. The Hall–Kier alpha value is -1.51. The van der Waals surface area contributed by atoms with Gasteiger partial charge in [0.25, 0.3) is 0 Å². The van der Waals surface area contributed by atoms with Crippen LogP contribution in [0, 0.1) is 5.92 Å². The number of thiocarbonyl (C=S) groups is 1.